The maximum atomic E-state index is 4.90. The lowest BCUT2D eigenvalue weighted by molar-refractivity contribution is -0.0111. The summed E-state index contributed by atoms with van der Waals surface area (Å²) in [5.74, 6) is 2.73. The van der Waals surface area contributed by atoms with Gasteiger partial charge < -0.3 is 0 Å². The predicted octanol–water partition coefficient (Wildman–Crippen LogP) is 3.42. The molecule has 0 radical (unpaired) electrons. The van der Waals surface area contributed by atoms with Gasteiger partial charge >= 0.3 is 0 Å². The summed E-state index contributed by atoms with van der Waals surface area (Å²) in [6, 6.07) is 15.0. The van der Waals surface area contributed by atoms with Crippen LogP contribution in [-0.4, -0.2) is 56.1 Å². The van der Waals surface area contributed by atoms with E-state index in [-0.39, 0.29) is 5.41 Å². The van der Waals surface area contributed by atoms with E-state index in [0.717, 1.165) is 50.9 Å². The maximum absolute atomic E-state index is 4.90. The van der Waals surface area contributed by atoms with Gasteiger partial charge in [-0.25, -0.2) is 4.98 Å². The van der Waals surface area contributed by atoms with Crippen LogP contribution in [-0.2, 0) is 13.1 Å². The van der Waals surface area contributed by atoms with Crippen molar-refractivity contribution < 1.29 is 0 Å². The molecule has 4 heterocycles. The first-order chi connectivity index (χ1) is 14.6. The highest BCUT2D eigenvalue weighted by Crippen LogP contribution is 2.49. The third-order valence-corrected chi connectivity index (χ3v) is 6.54. The van der Waals surface area contributed by atoms with Crippen molar-refractivity contribution in [1.82, 2.24) is 30.0 Å². The molecule has 6 nitrogen and oxygen atoms in total. The highest BCUT2D eigenvalue weighted by atomic mass is 15.3. The van der Waals surface area contributed by atoms with Crippen molar-refractivity contribution in [1.29, 1.82) is 0 Å². The van der Waals surface area contributed by atoms with Gasteiger partial charge in [-0.2, -0.15) is 5.10 Å². The summed E-state index contributed by atoms with van der Waals surface area (Å²) >= 11 is 0. The van der Waals surface area contributed by atoms with E-state index < -0.39 is 0 Å². The molecule has 3 aromatic rings. The predicted molar refractivity (Wildman–Crippen MR) is 117 cm³/mol. The van der Waals surface area contributed by atoms with E-state index >= 15 is 0 Å². The Hall–Kier alpha value is -2.57. The van der Waals surface area contributed by atoms with Crippen molar-refractivity contribution in [3.05, 3.63) is 77.6 Å². The smallest absolute Gasteiger partial charge is 0.153 e. The summed E-state index contributed by atoms with van der Waals surface area (Å²) in [5, 5.41) is 7.79. The average Bonchev–Trinajstić information content (AvgIpc) is 3.35. The fraction of sp³-hybridized carbons (Fsp3) is 0.458. The van der Waals surface area contributed by atoms with Gasteiger partial charge in [0, 0.05) is 68.9 Å². The monoisotopic (exact) mass is 402 g/mol. The normalized spacial score (nSPS) is 21.4. The summed E-state index contributed by atoms with van der Waals surface area (Å²) in [4.78, 5) is 14.3. The number of aromatic nitrogens is 4. The van der Waals surface area contributed by atoms with Crippen LogP contribution in [0, 0.1) is 5.41 Å². The molecule has 2 aromatic heterocycles. The first kappa shape index (κ1) is 19.4. The van der Waals surface area contributed by atoms with Gasteiger partial charge in [0.2, 0.25) is 0 Å². The molecule has 0 aliphatic carbocycles. The summed E-state index contributed by atoms with van der Waals surface area (Å²) in [5.41, 5.74) is 2.90. The minimum absolute atomic E-state index is 0.241. The van der Waals surface area contributed by atoms with Gasteiger partial charge in [0.05, 0.1) is 0 Å². The Morgan fingerprint density at radius 2 is 1.73 bits per heavy atom. The zero-order chi connectivity index (χ0) is 20.6. The van der Waals surface area contributed by atoms with Crippen molar-refractivity contribution in [2.45, 2.75) is 38.8 Å². The van der Waals surface area contributed by atoms with Crippen LogP contribution in [0.2, 0.25) is 0 Å². The summed E-state index contributed by atoms with van der Waals surface area (Å²) < 4.78 is 0. The van der Waals surface area contributed by atoms with Crippen molar-refractivity contribution in [3.8, 4) is 0 Å². The van der Waals surface area contributed by atoms with Crippen LogP contribution in [0.25, 0.3) is 0 Å². The third kappa shape index (κ3) is 3.77. The maximum Gasteiger partial charge on any atom is 0.153 e. The molecule has 2 fully saturated rings. The van der Waals surface area contributed by atoms with Gasteiger partial charge in [0.15, 0.2) is 5.82 Å². The van der Waals surface area contributed by atoms with Crippen LogP contribution in [0.5, 0.6) is 0 Å². The average molecular weight is 403 g/mol. The molecule has 1 unspecified atom stereocenters. The van der Waals surface area contributed by atoms with Gasteiger partial charge in [0.25, 0.3) is 0 Å². The number of rotatable bonds is 6. The van der Waals surface area contributed by atoms with Gasteiger partial charge in [-0.1, -0.05) is 50.2 Å². The Balaban J connectivity index is 1.34. The SMILES string of the molecule is CC(C)c1n[nH]c(C2CN(Cc3ccccc3)CC23CN(Cc2cccnc2)C3)n1. The number of hydrogen-bond donors (Lipinski definition) is 1. The van der Waals surface area contributed by atoms with Gasteiger partial charge in [-0.05, 0) is 17.2 Å². The molecule has 30 heavy (non-hydrogen) atoms. The van der Waals surface area contributed by atoms with Crippen molar-refractivity contribution in [2.24, 2.45) is 5.41 Å². The molecule has 2 aliphatic heterocycles. The molecule has 0 bridgehead atoms. The van der Waals surface area contributed by atoms with E-state index in [1.807, 2.05) is 18.5 Å². The quantitative estimate of drug-likeness (QED) is 0.685. The van der Waals surface area contributed by atoms with Crippen molar-refractivity contribution >= 4 is 0 Å². The van der Waals surface area contributed by atoms with E-state index in [9.17, 15) is 0 Å². The highest BCUT2D eigenvalue weighted by molar-refractivity contribution is 5.21. The standard InChI is InChI=1S/C24H30N6/c1-18(2)22-26-23(28-27-22)21-14-29(12-19-7-4-3-5-8-19)15-24(21)16-30(17-24)13-20-9-6-10-25-11-20/h3-11,18,21H,12-17H2,1-2H3,(H,26,27,28). The molecular formula is C24H30N6. The lowest BCUT2D eigenvalue weighted by Crippen LogP contribution is -2.59. The molecule has 2 aliphatic rings. The number of hydrogen-bond acceptors (Lipinski definition) is 5. The number of nitrogens with one attached hydrogen (secondary N) is 1. The number of benzene rings is 1. The molecular weight excluding hydrogens is 372 g/mol. The summed E-state index contributed by atoms with van der Waals surface area (Å²) in [7, 11) is 0. The van der Waals surface area contributed by atoms with Crippen LogP contribution in [0.15, 0.2) is 54.9 Å². The van der Waals surface area contributed by atoms with Crippen LogP contribution in [0.4, 0.5) is 0 Å². The van der Waals surface area contributed by atoms with Crippen LogP contribution in [0.3, 0.4) is 0 Å². The Kier molecular flexibility index (Phi) is 5.13. The Morgan fingerprint density at radius 3 is 2.43 bits per heavy atom. The number of likely N-dealkylation sites (tertiary alicyclic amines) is 2. The molecule has 1 aromatic carbocycles. The molecule has 0 amide bonds. The Labute approximate surface area is 178 Å². The van der Waals surface area contributed by atoms with E-state index in [0.29, 0.717) is 11.8 Å². The van der Waals surface area contributed by atoms with Crippen LogP contribution in [0.1, 0.15) is 48.5 Å². The molecule has 1 atom stereocenters. The largest absolute Gasteiger partial charge is 0.298 e. The molecule has 6 heteroatoms. The second-order valence-corrected chi connectivity index (χ2v) is 9.31. The number of H-pyrrole nitrogens is 1. The second kappa shape index (κ2) is 7.93. The van der Waals surface area contributed by atoms with Gasteiger partial charge in [-0.3, -0.25) is 19.9 Å². The van der Waals surface area contributed by atoms with E-state index in [2.05, 4.69) is 75.2 Å². The zero-order valence-corrected chi connectivity index (χ0v) is 17.8. The topological polar surface area (TPSA) is 60.9 Å². The molecule has 0 saturated carbocycles. The first-order valence-corrected chi connectivity index (χ1v) is 10.9. The van der Waals surface area contributed by atoms with Gasteiger partial charge in [0.1, 0.15) is 5.82 Å². The third-order valence-electron chi connectivity index (χ3n) is 6.54. The molecule has 2 saturated heterocycles. The lowest BCUT2D eigenvalue weighted by atomic mass is 9.71. The van der Waals surface area contributed by atoms with E-state index in [1.54, 1.807) is 0 Å². The fourth-order valence-electron chi connectivity index (χ4n) is 5.14. The number of aromatic amines is 1. The minimum Gasteiger partial charge on any atom is -0.298 e. The fourth-order valence-corrected chi connectivity index (χ4v) is 5.14. The Bertz CT molecular complexity index is 962. The van der Waals surface area contributed by atoms with E-state index in [1.165, 1.54) is 11.1 Å². The van der Waals surface area contributed by atoms with Crippen molar-refractivity contribution in [3.63, 3.8) is 0 Å². The van der Waals surface area contributed by atoms with Gasteiger partial charge in [-0.15, -0.1) is 0 Å². The van der Waals surface area contributed by atoms with Crippen LogP contribution < -0.4 is 0 Å². The molecule has 1 N–H and O–H groups in total. The second-order valence-electron chi connectivity index (χ2n) is 9.31. The molecule has 156 valence electrons. The zero-order valence-electron chi connectivity index (χ0n) is 17.8. The summed E-state index contributed by atoms with van der Waals surface area (Å²) in [6.07, 6.45) is 3.82. The minimum atomic E-state index is 0.241. The molecule has 1 spiro atoms. The number of nitrogens with zero attached hydrogens (tertiary/aromatic N) is 5. The van der Waals surface area contributed by atoms with E-state index in [4.69, 9.17) is 4.98 Å². The summed E-state index contributed by atoms with van der Waals surface area (Å²) in [6.45, 7) is 10.6. The highest BCUT2D eigenvalue weighted by Gasteiger charge is 2.55. The lowest BCUT2D eigenvalue weighted by Gasteiger charge is -2.50. The first-order valence-electron chi connectivity index (χ1n) is 10.9. The number of pyridine rings is 1. The van der Waals surface area contributed by atoms with Crippen LogP contribution >= 0.6 is 0 Å². The Morgan fingerprint density at radius 1 is 1.00 bits per heavy atom. The molecule has 5 rings (SSSR count). The van der Waals surface area contributed by atoms with Crippen molar-refractivity contribution in [2.75, 3.05) is 26.2 Å².